The average molecular weight is 212 g/mol. The topological polar surface area (TPSA) is 79.9 Å². The SMILES string of the molecule is COCCCC(=O)NCCc1ncn[nH]1. The summed E-state index contributed by atoms with van der Waals surface area (Å²) >= 11 is 0. The Morgan fingerprint density at radius 2 is 2.53 bits per heavy atom. The van der Waals surface area contributed by atoms with Crippen molar-refractivity contribution in [2.75, 3.05) is 20.3 Å². The normalized spacial score (nSPS) is 10.2. The van der Waals surface area contributed by atoms with Crippen molar-refractivity contribution < 1.29 is 9.53 Å². The van der Waals surface area contributed by atoms with E-state index in [-0.39, 0.29) is 5.91 Å². The summed E-state index contributed by atoms with van der Waals surface area (Å²) in [6.07, 6.45) is 3.39. The lowest BCUT2D eigenvalue weighted by Gasteiger charge is -2.03. The summed E-state index contributed by atoms with van der Waals surface area (Å²) < 4.78 is 4.85. The van der Waals surface area contributed by atoms with Crippen LogP contribution in [0.5, 0.6) is 0 Å². The second-order valence-corrected chi connectivity index (χ2v) is 3.13. The Bertz CT molecular complexity index is 274. The van der Waals surface area contributed by atoms with Crippen LogP contribution in [0.3, 0.4) is 0 Å². The second-order valence-electron chi connectivity index (χ2n) is 3.13. The molecule has 0 aliphatic rings. The number of aromatic nitrogens is 3. The lowest BCUT2D eigenvalue weighted by molar-refractivity contribution is -0.121. The average Bonchev–Trinajstić information content (AvgIpc) is 2.71. The molecule has 1 rings (SSSR count). The van der Waals surface area contributed by atoms with E-state index >= 15 is 0 Å². The van der Waals surface area contributed by atoms with Gasteiger partial charge in [0.25, 0.3) is 0 Å². The second kappa shape index (κ2) is 6.94. The van der Waals surface area contributed by atoms with E-state index in [1.54, 1.807) is 7.11 Å². The number of nitrogens with zero attached hydrogens (tertiary/aromatic N) is 2. The van der Waals surface area contributed by atoms with Crippen LogP contribution in [-0.2, 0) is 16.0 Å². The number of H-pyrrole nitrogens is 1. The van der Waals surface area contributed by atoms with E-state index in [9.17, 15) is 4.79 Å². The third-order valence-corrected chi connectivity index (χ3v) is 1.90. The van der Waals surface area contributed by atoms with Crippen molar-refractivity contribution >= 4 is 5.91 Å². The van der Waals surface area contributed by atoms with Gasteiger partial charge in [-0.15, -0.1) is 0 Å². The van der Waals surface area contributed by atoms with Crippen LogP contribution in [0.1, 0.15) is 18.7 Å². The highest BCUT2D eigenvalue weighted by atomic mass is 16.5. The fourth-order valence-corrected chi connectivity index (χ4v) is 1.14. The number of carbonyl (C=O) groups excluding carboxylic acids is 1. The van der Waals surface area contributed by atoms with Crippen molar-refractivity contribution in [1.29, 1.82) is 0 Å². The van der Waals surface area contributed by atoms with Crippen molar-refractivity contribution in [3.63, 3.8) is 0 Å². The molecule has 0 bridgehead atoms. The third kappa shape index (κ3) is 5.11. The molecular weight excluding hydrogens is 196 g/mol. The van der Waals surface area contributed by atoms with Crippen LogP contribution in [0.4, 0.5) is 0 Å². The number of ether oxygens (including phenoxy) is 1. The standard InChI is InChI=1S/C9H16N4O2/c1-15-6-2-3-9(14)10-5-4-8-11-7-12-13-8/h7H,2-6H2,1H3,(H,10,14)(H,11,12,13). The number of aromatic amines is 1. The molecule has 0 atom stereocenters. The molecule has 0 unspecified atom stereocenters. The highest BCUT2D eigenvalue weighted by molar-refractivity contribution is 5.75. The van der Waals surface area contributed by atoms with Gasteiger partial charge in [-0.3, -0.25) is 9.89 Å². The molecular formula is C9H16N4O2. The van der Waals surface area contributed by atoms with Crippen molar-refractivity contribution in [1.82, 2.24) is 20.5 Å². The molecule has 0 aromatic carbocycles. The fourth-order valence-electron chi connectivity index (χ4n) is 1.14. The van der Waals surface area contributed by atoms with Gasteiger partial charge in [-0.2, -0.15) is 5.10 Å². The summed E-state index contributed by atoms with van der Waals surface area (Å²) in [6, 6.07) is 0. The van der Waals surface area contributed by atoms with Crippen LogP contribution in [-0.4, -0.2) is 41.3 Å². The van der Waals surface area contributed by atoms with E-state index < -0.39 is 0 Å². The Labute approximate surface area is 88.4 Å². The third-order valence-electron chi connectivity index (χ3n) is 1.90. The fraction of sp³-hybridized carbons (Fsp3) is 0.667. The monoisotopic (exact) mass is 212 g/mol. The number of amides is 1. The van der Waals surface area contributed by atoms with E-state index in [1.165, 1.54) is 6.33 Å². The number of hydrogen-bond donors (Lipinski definition) is 2. The van der Waals surface area contributed by atoms with E-state index in [2.05, 4.69) is 20.5 Å². The first-order valence-corrected chi connectivity index (χ1v) is 4.93. The van der Waals surface area contributed by atoms with E-state index in [1.807, 2.05) is 0 Å². The van der Waals surface area contributed by atoms with Crippen LogP contribution in [0, 0.1) is 0 Å². The quantitative estimate of drug-likeness (QED) is 0.618. The number of nitrogens with one attached hydrogen (secondary N) is 2. The molecule has 0 saturated carbocycles. The number of methoxy groups -OCH3 is 1. The predicted molar refractivity (Wildman–Crippen MR) is 54.2 cm³/mol. The van der Waals surface area contributed by atoms with Crippen LogP contribution in [0.2, 0.25) is 0 Å². The highest BCUT2D eigenvalue weighted by Crippen LogP contribution is 1.90. The Morgan fingerprint density at radius 3 is 3.20 bits per heavy atom. The van der Waals surface area contributed by atoms with Crippen molar-refractivity contribution in [3.05, 3.63) is 12.2 Å². The first-order chi connectivity index (χ1) is 7.33. The van der Waals surface area contributed by atoms with Crippen LogP contribution in [0.25, 0.3) is 0 Å². The summed E-state index contributed by atoms with van der Waals surface area (Å²) in [5.41, 5.74) is 0. The van der Waals surface area contributed by atoms with Crippen LogP contribution in [0.15, 0.2) is 6.33 Å². The zero-order valence-corrected chi connectivity index (χ0v) is 8.82. The smallest absolute Gasteiger partial charge is 0.220 e. The number of carbonyl (C=O) groups is 1. The molecule has 15 heavy (non-hydrogen) atoms. The van der Waals surface area contributed by atoms with Gasteiger partial charge < -0.3 is 10.1 Å². The molecule has 0 saturated heterocycles. The van der Waals surface area contributed by atoms with Gasteiger partial charge in [0.2, 0.25) is 5.91 Å². The summed E-state index contributed by atoms with van der Waals surface area (Å²) in [5.74, 6) is 0.832. The maximum atomic E-state index is 11.2. The zero-order chi connectivity index (χ0) is 10.9. The van der Waals surface area contributed by atoms with Gasteiger partial charge in [0.1, 0.15) is 12.2 Å². The van der Waals surface area contributed by atoms with Gasteiger partial charge in [0.05, 0.1) is 0 Å². The first kappa shape index (κ1) is 11.6. The minimum absolute atomic E-state index is 0.0477. The molecule has 84 valence electrons. The van der Waals surface area contributed by atoms with Gasteiger partial charge in [0, 0.05) is 33.1 Å². The Kier molecular flexibility index (Phi) is 5.39. The van der Waals surface area contributed by atoms with Crippen molar-refractivity contribution in [2.45, 2.75) is 19.3 Å². The molecule has 1 heterocycles. The molecule has 0 fully saturated rings. The van der Waals surface area contributed by atoms with E-state index in [0.717, 1.165) is 12.2 Å². The summed E-state index contributed by atoms with van der Waals surface area (Å²) in [5, 5.41) is 9.24. The number of rotatable bonds is 7. The molecule has 0 aliphatic carbocycles. The molecule has 1 aromatic heterocycles. The van der Waals surface area contributed by atoms with Gasteiger partial charge >= 0.3 is 0 Å². The minimum atomic E-state index is 0.0477. The molecule has 2 N–H and O–H groups in total. The molecule has 1 amide bonds. The highest BCUT2D eigenvalue weighted by Gasteiger charge is 2.01. The largest absolute Gasteiger partial charge is 0.385 e. The van der Waals surface area contributed by atoms with Crippen LogP contribution < -0.4 is 5.32 Å². The van der Waals surface area contributed by atoms with Crippen LogP contribution >= 0.6 is 0 Å². The minimum Gasteiger partial charge on any atom is -0.385 e. The lowest BCUT2D eigenvalue weighted by atomic mass is 10.3. The predicted octanol–water partition coefficient (Wildman–Crippen LogP) is -0.110. The maximum absolute atomic E-state index is 11.2. The summed E-state index contributed by atoms with van der Waals surface area (Å²) in [6.45, 7) is 1.20. The number of hydrogen-bond acceptors (Lipinski definition) is 4. The van der Waals surface area contributed by atoms with Gasteiger partial charge in [0.15, 0.2) is 0 Å². The van der Waals surface area contributed by atoms with Gasteiger partial charge in [-0.05, 0) is 6.42 Å². The molecule has 0 aliphatic heterocycles. The molecule has 0 radical (unpaired) electrons. The van der Waals surface area contributed by atoms with E-state index in [0.29, 0.717) is 26.0 Å². The van der Waals surface area contributed by atoms with E-state index in [4.69, 9.17) is 4.74 Å². The Morgan fingerprint density at radius 1 is 1.67 bits per heavy atom. The van der Waals surface area contributed by atoms with Crippen molar-refractivity contribution in [3.8, 4) is 0 Å². The molecule has 1 aromatic rings. The summed E-state index contributed by atoms with van der Waals surface area (Å²) in [4.78, 5) is 15.2. The molecule has 6 heteroatoms. The molecule has 0 spiro atoms. The molecule has 6 nitrogen and oxygen atoms in total. The van der Waals surface area contributed by atoms with Gasteiger partial charge in [-0.1, -0.05) is 0 Å². The first-order valence-electron chi connectivity index (χ1n) is 4.93. The lowest BCUT2D eigenvalue weighted by Crippen LogP contribution is -2.25. The maximum Gasteiger partial charge on any atom is 0.220 e. The van der Waals surface area contributed by atoms with Gasteiger partial charge in [-0.25, -0.2) is 4.98 Å². The zero-order valence-electron chi connectivity index (χ0n) is 8.82. The van der Waals surface area contributed by atoms with Crippen molar-refractivity contribution in [2.24, 2.45) is 0 Å². The Balaban J connectivity index is 2.02. The Hall–Kier alpha value is -1.43. The summed E-state index contributed by atoms with van der Waals surface area (Å²) in [7, 11) is 1.63.